The first-order valence-corrected chi connectivity index (χ1v) is 9.70. The second kappa shape index (κ2) is 7.75. The van der Waals surface area contributed by atoms with Crippen molar-refractivity contribution in [3.05, 3.63) is 64.3 Å². The van der Waals surface area contributed by atoms with Gasteiger partial charge >= 0.3 is 18.3 Å². The number of alkyl halides is 6. The van der Waals surface area contributed by atoms with E-state index in [1.165, 1.54) is 6.07 Å². The van der Waals surface area contributed by atoms with Crippen molar-refractivity contribution in [2.24, 2.45) is 0 Å². The molecule has 0 saturated carbocycles. The van der Waals surface area contributed by atoms with E-state index in [1.807, 2.05) is 0 Å². The lowest BCUT2D eigenvalue weighted by atomic mass is 10.0. The molecule has 0 fully saturated rings. The third kappa shape index (κ3) is 4.26. The molecule has 10 heteroatoms. The molecule has 0 amide bonds. The second-order valence-electron chi connectivity index (χ2n) is 7.71. The number of benzene rings is 2. The van der Waals surface area contributed by atoms with Gasteiger partial charge in [-0.15, -0.1) is 0 Å². The number of ether oxygens (including phenoxy) is 1. The van der Waals surface area contributed by atoms with Crippen LogP contribution in [0.2, 0.25) is 0 Å². The van der Waals surface area contributed by atoms with Gasteiger partial charge in [-0.3, -0.25) is 4.79 Å². The van der Waals surface area contributed by atoms with Crippen LogP contribution >= 0.6 is 0 Å². The van der Waals surface area contributed by atoms with Crippen LogP contribution in [0.4, 0.5) is 26.3 Å². The molecule has 3 aromatic rings. The number of rotatable bonds is 5. The first-order chi connectivity index (χ1) is 14.9. The van der Waals surface area contributed by atoms with Gasteiger partial charge in [-0.1, -0.05) is 6.07 Å². The molecule has 0 spiro atoms. The van der Waals surface area contributed by atoms with Crippen molar-refractivity contribution in [2.45, 2.75) is 44.1 Å². The average molecular weight is 457 g/mol. The van der Waals surface area contributed by atoms with Crippen LogP contribution in [-0.2, 0) is 30.2 Å². The minimum atomic E-state index is -4.97. The smallest absolute Gasteiger partial charge is 0.416 e. The summed E-state index contributed by atoms with van der Waals surface area (Å²) >= 11 is 0. The van der Waals surface area contributed by atoms with Crippen molar-refractivity contribution in [3.63, 3.8) is 0 Å². The molecule has 4 rings (SSSR count). The third-order valence-electron chi connectivity index (χ3n) is 5.62. The van der Waals surface area contributed by atoms with Crippen LogP contribution < -0.4 is 4.74 Å². The highest BCUT2D eigenvalue weighted by atomic mass is 19.4. The van der Waals surface area contributed by atoms with E-state index >= 15 is 0 Å². The number of carbonyl (C=O) groups is 1. The van der Waals surface area contributed by atoms with Gasteiger partial charge in [0.1, 0.15) is 12.4 Å². The summed E-state index contributed by atoms with van der Waals surface area (Å²) in [5, 5.41) is 9.85. The molecule has 170 valence electrons. The first-order valence-electron chi connectivity index (χ1n) is 9.70. The number of aromatic amines is 1. The predicted octanol–water partition coefficient (Wildman–Crippen LogP) is 6.29. The molecule has 1 aliphatic rings. The molecule has 1 unspecified atom stereocenters. The maximum atomic E-state index is 13.3. The number of aryl methyl sites for hydroxylation is 1. The quantitative estimate of drug-likeness (QED) is 0.443. The first kappa shape index (κ1) is 22.0. The van der Waals surface area contributed by atoms with Crippen molar-refractivity contribution < 1.29 is 41.0 Å². The summed E-state index contributed by atoms with van der Waals surface area (Å²) in [6.07, 6.45) is -8.53. The number of aliphatic carboxylic acids is 1. The largest absolute Gasteiger partial charge is 0.489 e. The average Bonchev–Trinajstić information content (AvgIpc) is 3.24. The van der Waals surface area contributed by atoms with E-state index in [9.17, 15) is 31.1 Å². The Balaban J connectivity index is 1.59. The van der Waals surface area contributed by atoms with Crippen LogP contribution in [0.25, 0.3) is 10.9 Å². The van der Waals surface area contributed by atoms with E-state index in [1.54, 1.807) is 12.1 Å². The van der Waals surface area contributed by atoms with Gasteiger partial charge in [0.05, 0.1) is 17.5 Å². The Kier molecular flexibility index (Phi) is 5.34. The van der Waals surface area contributed by atoms with Crippen LogP contribution in [-0.4, -0.2) is 16.1 Å². The van der Waals surface area contributed by atoms with Gasteiger partial charge in [0.2, 0.25) is 0 Å². The van der Waals surface area contributed by atoms with Crippen LogP contribution in [0, 0.1) is 0 Å². The molecule has 1 aromatic heterocycles. The second-order valence-corrected chi connectivity index (χ2v) is 7.71. The van der Waals surface area contributed by atoms with Crippen LogP contribution in [0.1, 0.15) is 46.7 Å². The van der Waals surface area contributed by atoms with Crippen molar-refractivity contribution in [1.29, 1.82) is 0 Å². The lowest BCUT2D eigenvalue weighted by molar-refractivity contribution is -0.143. The lowest BCUT2D eigenvalue weighted by Gasteiger charge is -2.16. The number of hydrogen-bond acceptors (Lipinski definition) is 2. The van der Waals surface area contributed by atoms with E-state index in [0.29, 0.717) is 18.9 Å². The minimum Gasteiger partial charge on any atom is -0.489 e. The Morgan fingerprint density at radius 2 is 1.81 bits per heavy atom. The molecule has 0 bridgehead atoms. The van der Waals surface area contributed by atoms with Gasteiger partial charge in [0.15, 0.2) is 0 Å². The number of carboxylic acid groups (broad SMARTS) is 1. The fourth-order valence-corrected chi connectivity index (χ4v) is 4.14. The Morgan fingerprint density at radius 3 is 2.47 bits per heavy atom. The third-order valence-corrected chi connectivity index (χ3v) is 5.62. The summed E-state index contributed by atoms with van der Waals surface area (Å²) in [5.41, 5.74) is -0.653. The van der Waals surface area contributed by atoms with Crippen LogP contribution in [0.5, 0.6) is 5.75 Å². The zero-order valence-corrected chi connectivity index (χ0v) is 16.4. The molecular formula is C22H17F6NO3. The van der Waals surface area contributed by atoms with Gasteiger partial charge in [0.25, 0.3) is 0 Å². The van der Waals surface area contributed by atoms with Crippen molar-refractivity contribution >= 4 is 16.9 Å². The number of fused-ring (bicyclic) bond motifs is 3. The predicted molar refractivity (Wildman–Crippen MR) is 102 cm³/mol. The van der Waals surface area contributed by atoms with E-state index in [0.717, 1.165) is 28.2 Å². The fraction of sp³-hybridized carbons (Fsp3) is 0.318. The van der Waals surface area contributed by atoms with E-state index in [4.69, 9.17) is 9.84 Å². The Morgan fingerprint density at radius 1 is 1.06 bits per heavy atom. The van der Waals surface area contributed by atoms with Gasteiger partial charge in [0, 0.05) is 28.1 Å². The van der Waals surface area contributed by atoms with Crippen molar-refractivity contribution in [2.75, 3.05) is 0 Å². The summed E-state index contributed by atoms with van der Waals surface area (Å²) < 4.78 is 83.9. The maximum absolute atomic E-state index is 13.3. The van der Waals surface area contributed by atoms with Gasteiger partial charge in [-0.05, 0) is 48.7 Å². The van der Waals surface area contributed by atoms with E-state index in [-0.39, 0.29) is 24.2 Å². The zero-order chi connectivity index (χ0) is 23.3. The zero-order valence-electron chi connectivity index (χ0n) is 16.4. The summed E-state index contributed by atoms with van der Waals surface area (Å²) in [6, 6.07) is 6.32. The number of hydrogen-bond donors (Lipinski definition) is 2. The summed E-state index contributed by atoms with van der Waals surface area (Å²) in [4.78, 5) is 14.3. The molecule has 0 saturated heterocycles. The van der Waals surface area contributed by atoms with Crippen molar-refractivity contribution in [3.8, 4) is 5.75 Å². The minimum absolute atomic E-state index is 0.00266. The fourth-order valence-electron chi connectivity index (χ4n) is 4.14. The highest BCUT2D eigenvalue weighted by molar-refractivity contribution is 5.87. The number of aromatic nitrogens is 1. The van der Waals surface area contributed by atoms with Crippen LogP contribution in [0.15, 0.2) is 36.4 Å². The molecule has 0 aliphatic heterocycles. The van der Waals surface area contributed by atoms with Gasteiger partial charge in [-0.25, -0.2) is 0 Å². The molecular weight excluding hydrogens is 440 g/mol. The normalized spacial score (nSPS) is 16.4. The Hall–Kier alpha value is -3.17. The molecule has 32 heavy (non-hydrogen) atoms. The van der Waals surface area contributed by atoms with Crippen LogP contribution in [0.3, 0.4) is 0 Å². The lowest BCUT2D eigenvalue weighted by Crippen LogP contribution is -2.14. The highest BCUT2D eigenvalue weighted by Gasteiger charge is 2.38. The topological polar surface area (TPSA) is 62.3 Å². The van der Waals surface area contributed by atoms with Gasteiger partial charge < -0.3 is 14.8 Å². The Bertz CT molecular complexity index is 1180. The molecule has 4 nitrogen and oxygen atoms in total. The molecule has 1 atom stereocenters. The molecule has 1 heterocycles. The maximum Gasteiger partial charge on any atom is 0.416 e. The van der Waals surface area contributed by atoms with E-state index in [2.05, 4.69) is 4.98 Å². The summed E-state index contributed by atoms with van der Waals surface area (Å²) in [5.74, 6) is -0.780. The number of halogens is 6. The number of H-pyrrole nitrogens is 1. The SMILES string of the molecule is O=C(O)CC1CCc2c1[nH]c1ccc(OCc3ccc(C(F)(F)F)cc3C(F)(F)F)cc21. The highest BCUT2D eigenvalue weighted by Crippen LogP contribution is 2.41. The van der Waals surface area contributed by atoms with Gasteiger partial charge in [-0.2, -0.15) is 26.3 Å². The van der Waals surface area contributed by atoms with Crippen molar-refractivity contribution in [1.82, 2.24) is 4.98 Å². The number of carboxylic acids is 1. The Labute approximate surface area is 177 Å². The monoisotopic (exact) mass is 457 g/mol. The molecule has 0 radical (unpaired) electrons. The summed E-state index contributed by atoms with van der Waals surface area (Å²) in [7, 11) is 0. The molecule has 2 aromatic carbocycles. The molecule has 2 N–H and O–H groups in total. The summed E-state index contributed by atoms with van der Waals surface area (Å²) in [6.45, 7) is -0.563. The molecule has 1 aliphatic carbocycles. The standard InChI is InChI=1S/C22H17F6NO3/c23-21(24,25)13-3-1-12(17(8-13)22(26,27)28)10-32-14-4-6-18-16(9-14)15-5-2-11(7-19(30)31)20(15)29-18/h1,3-4,6,8-9,11,29H,2,5,7,10H2,(H,30,31). The van der Waals surface area contributed by atoms with E-state index < -0.39 is 41.6 Å². The number of nitrogens with one attached hydrogen (secondary N) is 1.